The van der Waals surface area contributed by atoms with Crippen LogP contribution in [0.4, 0.5) is 0 Å². The van der Waals surface area contributed by atoms with Crippen LogP contribution in [0.3, 0.4) is 0 Å². The number of hydrogen-bond acceptors (Lipinski definition) is 4. The summed E-state index contributed by atoms with van der Waals surface area (Å²) in [4.78, 5) is 7.20. The van der Waals surface area contributed by atoms with Crippen LogP contribution in [-0.2, 0) is 46.3 Å². The second-order valence-corrected chi connectivity index (χ2v) is 13.2. The number of nitrogens with zero attached hydrogens (tertiary/aromatic N) is 7. The predicted molar refractivity (Wildman–Crippen MR) is 206 cm³/mol. The van der Waals surface area contributed by atoms with Crippen LogP contribution in [0.5, 0.6) is 0 Å². The molecule has 4 aromatic heterocycles. The average Bonchev–Trinajstić information content (AvgIpc) is 3.99. The summed E-state index contributed by atoms with van der Waals surface area (Å²) in [5.74, 6) is 0.366. The van der Waals surface area contributed by atoms with Crippen molar-refractivity contribution in [1.29, 1.82) is 0 Å². The number of hydrogen-bond donors (Lipinski definition) is 0. The molecular formula is C45H36IrN7. The van der Waals surface area contributed by atoms with Gasteiger partial charge >= 0.3 is 20.1 Å². The maximum absolute atomic E-state index is 4.89. The number of aromatic nitrogens is 6. The third kappa shape index (κ3) is 7.42. The van der Waals surface area contributed by atoms with Crippen LogP contribution in [0.15, 0.2) is 158 Å². The van der Waals surface area contributed by atoms with Gasteiger partial charge in [-0.15, -0.1) is 29.2 Å². The molecule has 2 atom stereocenters. The zero-order valence-corrected chi connectivity index (χ0v) is 31.4. The van der Waals surface area contributed by atoms with Crippen LogP contribution >= 0.6 is 0 Å². The smallest absolute Gasteiger partial charge is 0.470 e. The van der Waals surface area contributed by atoms with E-state index < -0.39 is 0 Å². The van der Waals surface area contributed by atoms with Crippen molar-refractivity contribution in [3.8, 4) is 0 Å². The van der Waals surface area contributed by atoms with Crippen molar-refractivity contribution in [3.63, 3.8) is 0 Å². The quantitative estimate of drug-likeness (QED) is 0.144. The third-order valence-electron chi connectivity index (χ3n) is 9.71. The fraction of sp³-hybridized carbons (Fsp3) is 0.133. The first kappa shape index (κ1) is 34.3. The van der Waals surface area contributed by atoms with E-state index >= 15 is 0 Å². The van der Waals surface area contributed by atoms with Crippen LogP contribution in [-0.4, -0.2) is 40.1 Å². The van der Waals surface area contributed by atoms with E-state index in [0.29, 0.717) is 25.0 Å². The maximum atomic E-state index is 4.89. The molecule has 0 fully saturated rings. The van der Waals surface area contributed by atoms with Gasteiger partial charge in [0.15, 0.2) is 0 Å². The Morgan fingerprint density at radius 1 is 0.585 bits per heavy atom. The van der Waals surface area contributed by atoms with Gasteiger partial charge in [-0.1, -0.05) is 84.5 Å². The second-order valence-electron chi connectivity index (χ2n) is 13.2. The summed E-state index contributed by atoms with van der Waals surface area (Å²) in [5, 5.41) is 12.5. The molecule has 53 heavy (non-hydrogen) atoms. The van der Waals surface area contributed by atoms with Crippen LogP contribution < -0.4 is 0 Å². The summed E-state index contributed by atoms with van der Waals surface area (Å²) < 4.78 is 6.25. The third-order valence-corrected chi connectivity index (χ3v) is 9.71. The molecule has 2 unspecified atom stereocenters. The number of fused-ring (bicyclic) bond motifs is 4. The Balaban J connectivity index is 0.000000148. The van der Waals surface area contributed by atoms with Gasteiger partial charge in [0.05, 0.1) is 47.9 Å². The monoisotopic (exact) mass is 867 g/mol. The summed E-state index contributed by atoms with van der Waals surface area (Å²) in [6.07, 6.45) is 20.0. The predicted octanol–water partition coefficient (Wildman–Crippen LogP) is 8.41. The number of allylic oxidation sites excluding steroid dienone is 2. The second kappa shape index (κ2) is 15.4. The molecule has 0 saturated heterocycles. The number of rotatable bonds is 8. The first-order valence-electron chi connectivity index (χ1n) is 17.7. The van der Waals surface area contributed by atoms with E-state index in [0.717, 1.165) is 62.8 Å². The van der Waals surface area contributed by atoms with Crippen molar-refractivity contribution in [3.05, 3.63) is 199 Å². The Kier molecular flexibility index (Phi) is 9.97. The first-order valence-corrected chi connectivity index (χ1v) is 17.7. The molecule has 2 aliphatic rings. The van der Waals surface area contributed by atoms with E-state index in [2.05, 4.69) is 147 Å². The molecule has 0 saturated carbocycles. The fourth-order valence-electron chi connectivity index (χ4n) is 7.13. The van der Waals surface area contributed by atoms with Crippen molar-refractivity contribution in [2.24, 2.45) is 5.92 Å². The van der Waals surface area contributed by atoms with E-state index in [9.17, 15) is 0 Å². The molecule has 0 bridgehead atoms. The minimum absolute atomic E-state index is 0. The molecule has 0 amide bonds. The summed E-state index contributed by atoms with van der Waals surface area (Å²) in [6, 6.07) is 44.7. The van der Waals surface area contributed by atoms with Gasteiger partial charge in [0.1, 0.15) is 0 Å². The maximum Gasteiger partial charge on any atom is 3.00 e. The van der Waals surface area contributed by atoms with Gasteiger partial charge in [-0.05, 0) is 24.3 Å². The first-order chi connectivity index (χ1) is 25.7. The van der Waals surface area contributed by atoms with Crippen LogP contribution in [0.1, 0.15) is 22.5 Å². The zero-order chi connectivity index (χ0) is 34.7. The van der Waals surface area contributed by atoms with Crippen LogP contribution in [0.25, 0.3) is 32.7 Å². The van der Waals surface area contributed by atoms with Gasteiger partial charge in [0.25, 0.3) is 0 Å². The molecule has 0 N–H and O–H groups in total. The molecule has 4 aromatic carbocycles. The summed E-state index contributed by atoms with van der Waals surface area (Å²) in [6.45, 7) is 2.98. The molecule has 7 nitrogen and oxygen atoms in total. The standard InChI is InChI=1S/C23H19N3.C22H17N4.Ir/c1-3-10-22-18(6-1)12-14-25(22)16-20-8-5-9-21(24-20)17-26-15-13-19-7-2-4-11-23(19)26;1-3-10-21-19(8-1)13-23-25(21)15-17-6-5-7-18(12-17)16-26-22-11-4-2-9-20(22)14-24-26;/h1-11,14-15,18,22H,16-17H2;1-11,13-14H,15-16H2;/q-2;-1;+3. The minimum Gasteiger partial charge on any atom is -0.470 e. The topological polar surface area (TPSA) is 56.7 Å². The fourth-order valence-corrected chi connectivity index (χ4v) is 7.13. The van der Waals surface area contributed by atoms with E-state index in [-0.39, 0.29) is 20.1 Å². The van der Waals surface area contributed by atoms with Crippen molar-refractivity contribution >= 4 is 32.7 Å². The van der Waals surface area contributed by atoms with Crippen LogP contribution in [0.2, 0.25) is 0 Å². The van der Waals surface area contributed by atoms with Gasteiger partial charge in [0, 0.05) is 29.9 Å². The molecular weight excluding hydrogens is 831 g/mol. The molecule has 1 aliphatic heterocycles. The Morgan fingerprint density at radius 2 is 1.19 bits per heavy atom. The molecule has 10 rings (SSSR count). The summed E-state index contributed by atoms with van der Waals surface area (Å²) in [7, 11) is 0. The number of pyridine rings is 1. The molecule has 5 heterocycles. The average molecular weight is 867 g/mol. The SMILES string of the molecule is [C-]1=CN(Cc2cccc(Cn3c[c-]c4ccccc43)n2)C2C=CC=CC12.[Ir+3].[c-]1c(Cn2ncc3ccccc32)cccc1Cn1ncc2ccccc21. The molecule has 8 heteroatoms. The molecule has 8 aromatic rings. The van der Waals surface area contributed by atoms with Crippen molar-refractivity contribution < 1.29 is 20.1 Å². The molecule has 260 valence electrons. The summed E-state index contributed by atoms with van der Waals surface area (Å²) in [5.41, 5.74) is 7.87. The van der Waals surface area contributed by atoms with Crippen molar-refractivity contribution in [2.75, 3.05) is 0 Å². The van der Waals surface area contributed by atoms with E-state index in [1.807, 2.05) is 58.3 Å². The molecule has 0 spiro atoms. The Labute approximate surface area is 322 Å². The minimum atomic E-state index is 0. The molecule has 0 radical (unpaired) electrons. The number of benzene rings is 4. The van der Waals surface area contributed by atoms with Gasteiger partial charge in [-0.3, -0.25) is 14.3 Å². The van der Waals surface area contributed by atoms with Gasteiger partial charge in [-0.25, -0.2) is 0 Å². The Hall–Kier alpha value is -5.82. The van der Waals surface area contributed by atoms with E-state index in [1.54, 1.807) is 0 Å². The van der Waals surface area contributed by atoms with E-state index in [4.69, 9.17) is 4.98 Å². The van der Waals surface area contributed by atoms with Crippen LogP contribution in [0, 0.1) is 24.1 Å². The van der Waals surface area contributed by atoms with Crippen molar-refractivity contribution in [2.45, 2.75) is 32.2 Å². The molecule has 1 aliphatic carbocycles. The van der Waals surface area contributed by atoms with Gasteiger partial charge in [-0.2, -0.15) is 58.2 Å². The normalized spacial score (nSPS) is 15.8. The number of para-hydroxylation sites is 3. The van der Waals surface area contributed by atoms with Gasteiger partial charge < -0.3 is 15.5 Å². The van der Waals surface area contributed by atoms with E-state index in [1.165, 1.54) is 5.52 Å². The summed E-state index contributed by atoms with van der Waals surface area (Å²) >= 11 is 0. The zero-order valence-electron chi connectivity index (χ0n) is 29.0. The largest absolute Gasteiger partial charge is 3.00 e. The van der Waals surface area contributed by atoms with Crippen molar-refractivity contribution in [1.82, 2.24) is 34.0 Å². The Morgan fingerprint density at radius 3 is 1.91 bits per heavy atom. The van der Waals surface area contributed by atoms with Gasteiger partial charge in [0.2, 0.25) is 0 Å². The Bertz CT molecular complexity index is 2500.